The highest BCUT2D eigenvalue weighted by molar-refractivity contribution is 6.01. The van der Waals surface area contributed by atoms with E-state index in [1.165, 1.54) is 0 Å². The Morgan fingerprint density at radius 1 is 1.16 bits per heavy atom. The van der Waals surface area contributed by atoms with Crippen LogP contribution in [0.3, 0.4) is 0 Å². The first-order valence-electron chi connectivity index (χ1n) is 9.00. The molecule has 1 aromatic carbocycles. The lowest BCUT2D eigenvalue weighted by atomic mass is 9.79. The number of carbonyl (C=O) groups is 1. The molecule has 0 spiro atoms. The normalized spacial score (nSPS) is 16.9. The Balaban J connectivity index is 1.87. The third-order valence-electron chi connectivity index (χ3n) is 5.53. The van der Waals surface area contributed by atoms with Gasteiger partial charge in [-0.05, 0) is 55.0 Å². The summed E-state index contributed by atoms with van der Waals surface area (Å²) in [5, 5.41) is 0. The Bertz CT molecular complexity index is 747. The third kappa shape index (κ3) is 3.59. The van der Waals surface area contributed by atoms with Crippen LogP contribution in [0.15, 0.2) is 42.7 Å². The van der Waals surface area contributed by atoms with E-state index < -0.39 is 0 Å². The van der Waals surface area contributed by atoms with Crippen LogP contribution in [0.4, 0.5) is 0 Å². The molecule has 0 aliphatic carbocycles. The number of amides is 1. The maximum absolute atomic E-state index is 13.2. The topological polar surface area (TPSA) is 59.2 Å². The van der Waals surface area contributed by atoms with E-state index in [9.17, 15) is 4.79 Å². The van der Waals surface area contributed by atoms with Gasteiger partial charge in [0.25, 0.3) is 5.91 Å². The SMILES string of the molecule is Cc1ccc(-c2ccncc2)c(C(=O)N2CCC(N)(C(C)C)CC2)c1. The van der Waals surface area contributed by atoms with Crippen LogP contribution in [0, 0.1) is 12.8 Å². The molecule has 1 fully saturated rings. The number of pyridine rings is 1. The lowest BCUT2D eigenvalue weighted by molar-refractivity contribution is 0.0635. The lowest BCUT2D eigenvalue weighted by Gasteiger charge is -2.42. The van der Waals surface area contributed by atoms with Crippen molar-refractivity contribution < 1.29 is 4.79 Å². The largest absolute Gasteiger partial charge is 0.338 e. The number of nitrogens with zero attached hydrogens (tertiary/aromatic N) is 2. The minimum Gasteiger partial charge on any atom is -0.338 e. The highest BCUT2D eigenvalue weighted by atomic mass is 16.2. The molecular formula is C21H27N3O. The zero-order valence-corrected chi connectivity index (χ0v) is 15.3. The maximum atomic E-state index is 13.2. The molecule has 1 aromatic heterocycles. The van der Waals surface area contributed by atoms with Crippen molar-refractivity contribution >= 4 is 5.91 Å². The van der Waals surface area contributed by atoms with Crippen molar-refractivity contribution in [3.63, 3.8) is 0 Å². The summed E-state index contributed by atoms with van der Waals surface area (Å²) in [6, 6.07) is 9.96. The molecule has 0 saturated carbocycles. The summed E-state index contributed by atoms with van der Waals surface area (Å²) >= 11 is 0. The standard InChI is InChI=1S/C21H27N3O/c1-15(2)21(22)8-12-24(13-9-21)20(25)19-14-16(3)4-5-18(19)17-6-10-23-11-7-17/h4-7,10-11,14-15H,8-9,12-13,22H2,1-3H3. The molecule has 4 heteroatoms. The van der Waals surface area contributed by atoms with Gasteiger partial charge in [0, 0.05) is 36.6 Å². The summed E-state index contributed by atoms with van der Waals surface area (Å²) in [4.78, 5) is 19.2. The Morgan fingerprint density at radius 2 is 1.80 bits per heavy atom. The van der Waals surface area contributed by atoms with Crippen molar-refractivity contribution in [1.29, 1.82) is 0 Å². The van der Waals surface area contributed by atoms with Gasteiger partial charge in [0.1, 0.15) is 0 Å². The van der Waals surface area contributed by atoms with E-state index >= 15 is 0 Å². The van der Waals surface area contributed by atoms with Gasteiger partial charge in [0.05, 0.1) is 0 Å². The second kappa shape index (κ2) is 6.96. The molecule has 25 heavy (non-hydrogen) atoms. The average molecular weight is 337 g/mol. The van der Waals surface area contributed by atoms with Crippen LogP contribution < -0.4 is 5.73 Å². The number of likely N-dealkylation sites (tertiary alicyclic amines) is 1. The summed E-state index contributed by atoms with van der Waals surface area (Å²) in [5.41, 5.74) is 10.2. The molecule has 132 valence electrons. The molecule has 0 atom stereocenters. The highest BCUT2D eigenvalue weighted by Crippen LogP contribution is 2.30. The number of hydrogen-bond donors (Lipinski definition) is 1. The van der Waals surface area contributed by atoms with E-state index in [0.29, 0.717) is 5.92 Å². The number of benzene rings is 1. The number of hydrogen-bond acceptors (Lipinski definition) is 3. The molecule has 1 aliphatic heterocycles. The summed E-state index contributed by atoms with van der Waals surface area (Å²) < 4.78 is 0. The molecular weight excluding hydrogens is 310 g/mol. The Hall–Kier alpha value is -2.20. The predicted molar refractivity (Wildman–Crippen MR) is 101 cm³/mol. The van der Waals surface area contributed by atoms with Crippen molar-refractivity contribution in [2.75, 3.05) is 13.1 Å². The van der Waals surface area contributed by atoms with E-state index in [1.807, 2.05) is 42.2 Å². The minimum absolute atomic E-state index is 0.0984. The summed E-state index contributed by atoms with van der Waals surface area (Å²) in [7, 11) is 0. The van der Waals surface area contributed by atoms with Crippen LogP contribution in [0.2, 0.25) is 0 Å². The van der Waals surface area contributed by atoms with Gasteiger partial charge in [-0.1, -0.05) is 31.5 Å². The second-order valence-corrected chi connectivity index (χ2v) is 7.46. The molecule has 0 radical (unpaired) electrons. The van der Waals surface area contributed by atoms with Crippen molar-refractivity contribution in [2.45, 2.75) is 39.2 Å². The molecule has 2 heterocycles. The fraction of sp³-hybridized carbons (Fsp3) is 0.429. The van der Waals surface area contributed by atoms with Crippen molar-refractivity contribution in [1.82, 2.24) is 9.88 Å². The second-order valence-electron chi connectivity index (χ2n) is 7.46. The van der Waals surface area contributed by atoms with Crippen LogP contribution in [0.5, 0.6) is 0 Å². The fourth-order valence-corrected chi connectivity index (χ4v) is 3.49. The van der Waals surface area contributed by atoms with Gasteiger partial charge >= 0.3 is 0 Å². The molecule has 3 rings (SSSR count). The monoisotopic (exact) mass is 337 g/mol. The minimum atomic E-state index is -0.155. The molecule has 1 saturated heterocycles. The first kappa shape index (κ1) is 17.6. The van der Waals surface area contributed by atoms with Gasteiger partial charge < -0.3 is 10.6 Å². The molecule has 1 aliphatic rings. The van der Waals surface area contributed by atoms with Gasteiger partial charge in [-0.3, -0.25) is 9.78 Å². The zero-order chi connectivity index (χ0) is 18.0. The Labute approximate surface area is 150 Å². The van der Waals surface area contributed by atoms with Crippen LogP contribution in [-0.2, 0) is 0 Å². The van der Waals surface area contributed by atoms with Gasteiger partial charge in [-0.25, -0.2) is 0 Å². The van der Waals surface area contributed by atoms with Crippen LogP contribution >= 0.6 is 0 Å². The average Bonchev–Trinajstić information content (AvgIpc) is 2.62. The van der Waals surface area contributed by atoms with E-state index in [0.717, 1.165) is 48.2 Å². The van der Waals surface area contributed by atoms with Crippen LogP contribution in [0.1, 0.15) is 42.6 Å². The summed E-state index contributed by atoms with van der Waals surface area (Å²) in [6.07, 6.45) is 5.23. The number of rotatable bonds is 3. The number of carbonyl (C=O) groups excluding carboxylic acids is 1. The molecule has 2 aromatic rings. The highest BCUT2D eigenvalue weighted by Gasteiger charge is 2.35. The first-order chi connectivity index (χ1) is 11.9. The fourth-order valence-electron chi connectivity index (χ4n) is 3.49. The van der Waals surface area contributed by atoms with E-state index in [-0.39, 0.29) is 11.4 Å². The first-order valence-corrected chi connectivity index (χ1v) is 9.00. The van der Waals surface area contributed by atoms with Crippen LogP contribution in [0.25, 0.3) is 11.1 Å². The van der Waals surface area contributed by atoms with Gasteiger partial charge in [0.2, 0.25) is 0 Å². The smallest absolute Gasteiger partial charge is 0.254 e. The number of aromatic nitrogens is 1. The Kier molecular flexibility index (Phi) is 4.91. The zero-order valence-electron chi connectivity index (χ0n) is 15.3. The molecule has 1 amide bonds. The number of aryl methyl sites for hydroxylation is 1. The molecule has 2 N–H and O–H groups in total. The summed E-state index contributed by atoms with van der Waals surface area (Å²) in [6.45, 7) is 7.79. The van der Waals surface area contributed by atoms with Crippen molar-refractivity contribution in [2.24, 2.45) is 11.7 Å². The van der Waals surface area contributed by atoms with E-state index in [1.54, 1.807) is 12.4 Å². The van der Waals surface area contributed by atoms with E-state index in [2.05, 4.69) is 18.8 Å². The van der Waals surface area contributed by atoms with Crippen LogP contribution in [-0.4, -0.2) is 34.4 Å². The van der Waals surface area contributed by atoms with Gasteiger partial charge in [0.15, 0.2) is 0 Å². The van der Waals surface area contributed by atoms with E-state index in [4.69, 9.17) is 5.73 Å². The number of nitrogens with two attached hydrogens (primary N) is 1. The third-order valence-corrected chi connectivity index (χ3v) is 5.53. The van der Waals surface area contributed by atoms with Crippen molar-refractivity contribution in [3.05, 3.63) is 53.9 Å². The quantitative estimate of drug-likeness (QED) is 0.930. The molecule has 4 nitrogen and oxygen atoms in total. The Morgan fingerprint density at radius 3 is 2.40 bits per heavy atom. The maximum Gasteiger partial charge on any atom is 0.254 e. The van der Waals surface area contributed by atoms with Crippen molar-refractivity contribution in [3.8, 4) is 11.1 Å². The lowest BCUT2D eigenvalue weighted by Crippen LogP contribution is -2.54. The molecule has 0 unspecified atom stereocenters. The van der Waals surface area contributed by atoms with Gasteiger partial charge in [-0.15, -0.1) is 0 Å². The summed E-state index contributed by atoms with van der Waals surface area (Å²) in [5.74, 6) is 0.525. The molecule has 0 bridgehead atoms. The predicted octanol–water partition coefficient (Wildman–Crippen LogP) is 3.65. The van der Waals surface area contributed by atoms with Gasteiger partial charge in [-0.2, -0.15) is 0 Å². The number of piperidine rings is 1.